The van der Waals surface area contributed by atoms with Crippen molar-refractivity contribution in [2.45, 2.75) is 40.2 Å². The Morgan fingerprint density at radius 1 is 1.23 bits per heavy atom. The van der Waals surface area contributed by atoms with Gasteiger partial charge in [-0.1, -0.05) is 13.0 Å². The molecule has 0 aliphatic heterocycles. The maximum atomic E-state index is 12.4. The van der Waals surface area contributed by atoms with Crippen LogP contribution in [-0.2, 0) is 17.8 Å². The van der Waals surface area contributed by atoms with E-state index >= 15 is 0 Å². The third-order valence-electron chi connectivity index (χ3n) is 4.39. The van der Waals surface area contributed by atoms with Gasteiger partial charge in [-0.05, 0) is 49.6 Å². The minimum absolute atomic E-state index is 0.0591. The number of amides is 1. The summed E-state index contributed by atoms with van der Waals surface area (Å²) >= 11 is 0. The molecule has 2 aromatic heterocycles. The quantitative estimate of drug-likeness (QED) is 0.695. The number of furan rings is 1. The first-order valence-corrected chi connectivity index (χ1v) is 8.89. The highest BCUT2D eigenvalue weighted by atomic mass is 16.5. The van der Waals surface area contributed by atoms with Gasteiger partial charge in [0.05, 0.1) is 19.3 Å². The molecule has 0 unspecified atom stereocenters. The van der Waals surface area contributed by atoms with Crippen molar-refractivity contribution < 1.29 is 13.9 Å². The topological polar surface area (TPSA) is 64.4 Å². The number of fused-ring (bicyclic) bond motifs is 1. The lowest BCUT2D eigenvalue weighted by molar-refractivity contribution is -0.120. The van der Waals surface area contributed by atoms with Gasteiger partial charge in [-0.25, -0.2) is 4.98 Å². The van der Waals surface area contributed by atoms with Crippen LogP contribution in [0.2, 0.25) is 0 Å². The van der Waals surface area contributed by atoms with E-state index in [1.54, 1.807) is 12.5 Å². The molecule has 0 radical (unpaired) electrons. The summed E-state index contributed by atoms with van der Waals surface area (Å²) in [5.74, 6) is 0.519. The molecule has 5 heteroatoms. The average Bonchev–Trinajstić information content (AvgIpc) is 3.01. The van der Waals surface area contributed by atoms with E-state index in [1.807, 2.05) is 25.1 Å². The van der Waals surface area contributed by atoms with Gasteiger partial charge in [0.1, 0.15) is 5.58 Å². The van der Waals surface area contributed by atoms with E-state index in [9.17, 15) is 4.79 Å². The number of benzene rings is 1. The number of ether oxygens (including phenoxy) is 1. The Morgan fingerprint density at radius 3 is 2.85 bits per heavy atom. The van der Waals surface area contributed by atoms with Crippen LogP contribution in [0.3, 0.4) is 0 Å². The Kier molecular flexibility index (Phi) is 5.56. The van der Waals surface area contributed by atoms with Gasteiger partial charge in [-0.3, -0.25) is 4.79 Å². The molecule has 3 rings (SSSR count). The van der Waals surface area contributed by atoms with Crippen LogP contribution in [-0.4, -0.2) is 17.5 Å². The van der Waals surface area contributed by atoms with E-state index in [4.69, 9.17) is 9.15 Å². The van der Waals surface area contributed by atoms with Gasteiger partial charge in [0.25, 0.3) is 0 Å². The van der Waals surface area contributed by atoms with Crippen LogP contribution >= 0.6 is 0 Å². The molecular weight excluding hydrogens is 328 g/mol. The van der Waals surface area contributed by atoms with Crippen LogP contribution in [0.15, 0.2) is 41.1 Å². The lowest BCUT2D eigenvalue weighted by atomic mass is 10.0. The van der Waals surface area contributed by atoms with Gasteiger partial charge in [0, 0.05) is 29.3 Å². The Labute approximate surface area is 153 Å². The largest absolute Gasteiger partial charge is 0.477 e. The lowest BCUT2D eigenvalue weighted by Gasteiger charge is -2.10. The van der Waals surface area contributed by atoms with Crippen molar-refractivity contribution in [2.75, 3.05) is 6.61 Å². The summed E-state index contributed by atoms with van der Waals surface area (Å²) in [6.07, 6.45) is 4.55. The zero-order valence-electron chi connectivity index (χ0n) is 15.5. The van der Waals surface area contributed by atoms with Gasteiger partial charge in [-0.2, -0.15) is 0 Å². The van der Waals surface area contributed by atoms with E-state index in [1.165, 1.54) is 11.1 Å². The number of aromatic nitrogens is 1. The van der Waals surface area contributed by atoms with Gasteiger partial charge in [-0.15, -0.1) is 0 Å². The Bertz CT molecular complexity index is 915. The molecule has 0 spiro atoms. The molecule has 26 heavy (non-hydrogen) atoms. The number of nitrogens with one attached hydrogen (secondary N) is 1. The highest BCUT2D eigenvalue weighted by Crippen LogP contribution is 2.25. The van der Waals surface area contributed by atoms with Crippen molar-refractivity contribution in [3.05, 3.63) is 59.0 Å². The van der Waals surface area contributed by atoms with Gasteiger partial charge in [0.15, 0.2) is 0 Å². The summed E-state index contributed by atoms with van der Waals surface area (Å²) in [7, 11) is 0. The number of carbonyl (C=O) groups excluding carboxylic acids is 1. The third kappa shape index (κ3) is 4.04. The molecule has 0 saturated heterocycles. The molecule has 5 nitrogen and oxygen atoms in total. The molecule has 0 fully saturated rings. The Balaban J connectivity index is 1.66. The predicted molar refractivity (Wildman–Crippen MR) is 101 cm³/mol. The fourth-order valence-electron chi connectivity index (χ4n) is 2.79. The molecule has 0 saturated carbocycles. The van der Waals surface area contributed by atoms with Crippen molar-refractivity contribution in [2.24, 2.45) is 0 Å². The summed E-state index contributed by atoms with van der Waals surface area (Å²) in [6, 6.07) is 7.85. The number of carbonyl (C=O) groups is 1. The van der Waals surface area contributed by atoms with Gasteiger partial charge < -0.3 is 14.5 Å². The SMILES string of the molecule is CCCOc1ncccc1CNC(=O)Cc1coc2cc(C)c(C)cc12. The van der Waals surface area contributed by atoms with Gasteiger partial charge >= 0.3 is 0 Å². The molecular formula is C21H24N2O3. The molecule has 0 aliphatic carbocycles. The standard InChI is InChI=1S/C21H24N2O3/c1-4-8-25-21-16(6-5-7-22-21)12-23-20(24)11-17-13-26-19-10-15(3)14(2)9-18(17)19/h5-7,9-10,13H,4,8,11-12H2,1-3H3,(H,23,24). The molecule has 0 aliphatic rings. The van der Waals surface area contributed by atoms with Crippen molar-refractivity contribution in [1.82, 2.24) is 10.3 Å². The van der Waals surface area contributed by atoms with Crippen LogP contribution in [0.5, 0.6) is 5.88 Å². The number of hydrogen-bond donors (Lipinski definition) is 1. The fourth-order valence-corrected chi connectivity index (χ4v) is 2.79. The number of pyridine rings is 1. The van der Waals surface area contributed by atoms with Crippen molar-refractivity contribution >= 4 is 16.9 Å². The first-order valence-electron chi connectivity index (χ1n) is 8.89. The number of hydrogen-bond acceptors (Lipinski definition) is 4. The molecule has 0 bridgehead atoms. The number of aryl methyl sites for hydroxylation is 2. The highest BCUT2D eigenvalue weighted by molar-refractivity contribution is 5.88. The summed E-state index contributed by atoms with van der Waals surface area (Å²) in [5.41, 5.74) is 4.96. The van der Waals surface area contributed by atoms with Crippen LogP contribution in [0.1, 0.15) is 35.6 Å². The summed E-state index contributed by atoms with van der Waals surface area (Å²) in [5, 5.41) is 3.94. The molecule has 136 valence electrons. The second-order valence-corrected chi connectivity index (χ2v) is 6.46. The smallest absolute Gasteiger partial charge is 0.224 e. The van der Waals surface area contributed by atoms with Crippen LogP contribution in [0, 0.1) is 13.8 Å². The second-order valence-electron chi connectivity index (χ2n) is 6.46. The van der Waals surface area contributed by atoms with Crippen LogP contribution < -0.4 is 10.1 Å². The van der Waals surface area contributed by atoms with E-state index in [0.29, 0.717) is 19.0 Å². The van der Waals surface area contributed by atoms with E-state index in [0.717, 1.165) is 28.5 Å². The third-order valence-corrected chi connectivity index (χ3v) is 4.39. The number of nitrogens with zero attached hydrogens (tertiary/aromatic N) is 1. The Morgan fingerprint density at radius 2 is 2.04 bits per heavy atom. The van der Waals surface area contributed by atoms with E-state index in [-0.39, 0.29) is 12.3 Å². The van der Waals surface area contributed by atoms with Crippen molar-refractivity contribution in [3.8, 4) is 5.88 Å². The lowest BCUT2D eigenvalue weighted by Crippen LogP contribution is -2.25. The first kappa shape index (κ1) is 18.0. The van der Waals surface area contributed by atoms with Crippen LogP contribution in [0.25, 0.3) is 11.0 Å². The van der Waals surface area contributed by atoms with Crippen molar-refractivity contribution in [1.29, 1.82) is 0 Å². The zero-order valence-corrected chi connectivity index (χ0v) is 15.5. The molecule has 0 atom stereocenters. The number of rotatable bonds is 7. The monoisotopic (exact) mass is 352 g/mol. The minimum atomic E-state index is -0.0591. The molecule has 3 aromatic rings. The van der Waals surface area contributed by atoms with E-state index in [2.05, 4.69) is 30.2 Å². The average molecular weight is 352 g/mol. The highest BCUT2D eigenvalue weighted by Gasteiger charge is 2.12. The first-order chi connectivity index (χ1) is 12.6. The van der Waals surface area contributed by atoms with E-state index < -0.39 is 0 Å². The summed E-state index contributed by atoms with van der Waals surface area (Å²) in [6.45, 7) is 7.15. The maximum Gasteiger partial charge on any atom is 0.224 e. The van der Waals surface area contributed by atoms with Crippen molar-refractivity contribution in [3.63, 3.8) is 0 Å². The van der Waals surface area contributed by atoms with Gasteiger partial charge in [0.2, 0.25) is 11.8 Å². The molecule has 1 aromatic carbocycles. The molecule has 1 N–H and O–H groups in total. The predicted octanol–water partition coefficient (Wildman–Crippen LogP) is 4.09. The Hall–Kier alpha value is -2.82. The second kappa shape index (κ2) is 8.04. The summed E-state index contributed by atoms with van der Waals surface area (Å²) < 4.78 is 11.2. The summed E-state index contributed by atoms with van der Waals surface area (Å²) in [4.78, 5) is 16.6. The molecule has 2 heterocycles. The van der Waals surface area contributed by atoms with Crippen LogP contribution in [0.4, 0.5) is 0 Å². The fraction of sp³-hybridized carbons (Fsp3) is 0.333. The maximum absolute atomic E-state index is 12.4. The zero-order chi connectivity index (χ0) is 18.5. The molecule has 1 amide bonds. The minimum Gasteiger partial charge on any atom is -0.477 e. The normalized spacial score (nSPS) is 10.9.